The van der Waals surface area contributed by atoms with Gasteiger partial charge in [-0.05, 0) is 6.92 Å². The first-order valence-corrected chi connectivity index (χ1v) is 3.46. The number of hydrogen-bond donors (Lipinski definition) is 0. The molecule has 0 N–H and O–H groups in total. The zero-order valence-electron chi connectivity index (χ0n) is 6.73. The minimum Gasteiger partial charge on any atom is -0.306 e. The van der Waals surface area contributed by atoms with Crippen molar-refractivity contribution in [3.8, 4) is 0 Å². The van der Waals surface area contributed by atoms with Gasteiger partial charge in [-0.1, -0.05) is 6.08 Å². The van der Waals surface area contributed by atoms with E-state index in [1.54, 1.807) is 19.4 Å². The zero-order valence-corrected chi connectivity index (χ0v) is 6.73. The van der Waals surface area contributed by atoms with Crippen LogP contribution >= 0.6 is 0 Å². The molecule has 0 aliphatic rings. The second-order valence-corrected chi connectivity index (χ2v) is 2.05. The summed E-state index contributed by atoms with van der Waals surface area (Å²) in [7, 11) is 1.75. The summed E-state index contributed by atoms with van der Waals surface area (Å²) in [6.07, 6.45) is 9.20. The summed E-state index contributed by atoms with van der Waals surface area (Å²) < 4.78 is 1.91. The standard InChI is InChI=1S/C8H11N3/c1-3-5-11-6-4-10-7-8(11)9-2/h3-7H,1-2H3/b5-3-,9-8?. The molecule has 3 nitrogen and oxygen atoms in total. The number of rotatable bonds is 1. The molecule has 0 saturated carbocycles. The normalized spacial score (nSPS) is 12.7. The van der Waals surface area contributed by atoms with Crippen LogP contribution in [-0.4, -0.2) is 16.6 Å². The molecule has 1 heterocycles. The van der Waals surface area contributed by atoms with E-state index in [2.05, 4.69) is 9.98 Å². The van der Waals surface area contributed by atoms with Crippen molar-refractivity contribution in [1.29, 1.82) is 0 Å². The summed E-state index contributed by atoms with van der Waals surface area (Å²) in [6.45, 7) is 1.97. The van der Waals surface area contributed by atoms with Gasteiger partial charge in [0.25, 0.3) is 0 Å². The maximum atomic E-state index is 4.04. The van der Waals surface area contributed by atoms with Crippen molar-refractivity contribution in [3.63, 3.8) is 0 Å². The first kappa shape index (κ1) is 7.72. The highest BCUT2D eigenvalue weighted by Crippen LogP contribution is 1.79. The van der Waals surface area contributed by atoms with Crippen molar-refractivity contribution >= 4 is 6.20 Å². The quantitative estimate of drug-likeness (QED) is 0.583. The minimum atomic E-state index is 0.852. The predicted molar refractivity (Wildman–Crippen MR) is 44.7 cm³/mol. The van der Waals surface area contributed by atoms with Crippen molar-refractivity contribution in [3.05, 3.63) is 30.2 Å². The first-order valence-electron chi connectivity index (χ1n) is 3.46. The SMILES string of the molecule is C/C=C\n1ccncc1=NC. The molecule has 0 aromatic carbocycles. The Morgan fingerprint density at radius 3 is 3.09 bits per heavy atom. The Morgan fingerprint density at radius 2 is 2.45 bits per heavy atom. The van der Waals surface area contributed by atoms with Gasteiger partial charge in [0.1, 0.15) is 5.49 Å². The molecule has 0 bridgehead atoms. The van der Waals surface area contributed by atoms with Crippen LogP contribution in [0.3, 0.4) is 0 Å². The Balaban J connectivity index is 3.24. The van der Waals surface area contributed by atoms with E-state index in [1.807, 2.05) is 30.0 Å². The molecular formula is C8H11N3. The summed E-state index contributed by atoms with van der Waals surface area (Å²) in [5.41, 5.74) is 0.852. The minimum absolute atomic E-state index is 0.852. The van der Waals surface area contributed by atoms with Gasteiger partial charge in [0.15, 0.2) is 0 Å². The maximum absolute atomic E-state index is 4.04. The Morgan fingerprint density at radius 1 is 1.64 bits per heavy atom. The molecule has 0 unspecified atom stereocenters. The van der Waals surface area contributed by atoms with E-state index >= 15 is 0 Å². The van der Waals surface area contributed by atoms with Crippen LogP contribution < -0.4 is 5.49 Å². The van der Waals surface area contributed by atoms with Crippen LogP contribution in [0.2, 0.25) is 0 Å². The van der Waals surface area contributed by atoms with Gasteiger partial charge in [0.05, 0.1) is 6.20 Å². The molecule has 0 aliphatic heterocycles. The highest BCUT2D eigenvalue weighted by molar-refractivity contribution is 5.19. The lowest BCUT2D eigenvalue weighted by Gasteiger charge is -1.96. The van der Waals surface area contributed by atoms with Gasteiger partial charge in [-0.15, -0.1) is 0 Å². The first-order chi connectivity index (χ1) is 5.38. The predicted octanol–water partition coefficient (Wildman–Crippen LogP) is 0.904. The zero-order chi connectivity index (χ0) is 8.10. The van der Waals surface area contributed by atoms with Crippen molar-refractivity contribution in [2.75, 3.05) is 7.05 Å². The fourth-order valence-electron chi connectivity index (χ4n) is 0.823. The fraction of sp³-hybridized carbons (Fsp3) is 0.250. The van der Waals surface area contributed by atoms with Crippen LogP contribution in [0.5, 0.6) is 0 Å². The van der Waals surface area contributed by atoms with Crippen molar-refractivity contribution in [1.82, 2.24) is 9.55 Å². The van der Waals surface area contributed by atoms with Crippen LogP contribution in [0.1, 0.15) is 6.92 Å². The van der Waals surface area contributed by atoms with E-state index in [1.165, 1.54) is 0 Å². The van der Waals surface area contributed by atoms with E-state index < -0.39 is 0 Å². The van der Waals surface area contributed by atoms with Crippen LogP contribution in [0, 0.1) is 0 Å². The third-order valence-corrected chi connectivity index (χ3v) is 1.31. The lowest BCUT2D eigenvalue weighted by Crippen LogP contribution is -2.15. The number of nitrogens with zero attached hydrogens (tertiary/aromatic N) is 3. The van der Waals surface area contributed by atoms with Crippen LogP contribution in [-0.2, 0) is 0 Å². The van der Waals surface area contributed by atoms with Gasteiger partial charge >= 0.3 is 0 Å². The van der Waals surface area contributed by atoms with Gasteiger partial charge in [0, 0.05) is 25.6 Å². The number of allylic oxidation sites excluding steroid dienone is 1. The molecule has 1 rings (SSSR count). The summed E-state index contributed by atoms with van der Waals surface area (Å²) in [5.74, 6) is 0. The van der Waals surface area contributed by atoms with E-state index in [-0.39, 0.29) is 0 Å². The third kappa shape index (κ3) is 1.77. The second-order valence-electron chi connectivity index (χ2n) is 2.05. The van der Waals surface area contributed by atoms with E-state index in [0.29, 0.717) is 0 Å². The Kier molecular flexibility index (Phi) is 2.60. The van der Waals surface area contributed by atoms with E-state index in [9.17, 15) is 0 Å². The molecule has 58 valence electrons. The van der Waals surface area contributed by atoms with Gasteiger partial charge in [-0.25, -0.2) is 0 Å². The Hall–Kier alpha value is -1.38. The van der Waals surface area contributed by atoms with E-state index in [0.717, 1.165) is 5.49 Å². The van der Waals surface area contributed by atoms with Gasteiger partial charge in [-0.2, -0.15) is 0 Å². The molecule has 1 aromatic heterocycles. The lowest BCUT2D eigenvalue weighted by atomic mass is 10.6. The topological polar surface area (TPSA) is 30.2 Å². The largest absolute Gasteiger partial charge is 0.306 e. The summed E-state index contributed by atoms with van der Waals surface area (Å²) in [4.78, 5) is 7.99. The molecule has 11 heavy (non-hydrogen) atoms. The molecule has 0 radical (unpaired) electrons. The van der Waals surface area contributed by atoms with Gasteiger partial charge in [-0.3, -0.25) is 9.98 Å². The summed E-state index contributed by atoms with van der Waals surface area (Å²) in [5, 5.41) is 0. The molecule has 0 atom stereocenters. The number of hydrogen-bond acceptors (Lipinski definition) is 2. The third-order valence-electron chi connectivity index (χ3n) is 1.31. The van der Waals surface area contributed by atoms with Crippen LogP contribution in [0.4, 0.5) is 0 Å². The Bertz CT molecular complexity index is 309. The van der Waals surface area contributed by atoms with Crippen LogP contribution in [0.25, 0.3) is 6.20 Å². The lowest BCUT2D eigenvalue weighted by molar-refractivity contribution is 0.952. The van der Waals surface area contributed by atoms with Gasteiger partial charge < -0.3 is 4.57 Å². The highest BCUT2D eigenvalue weighted by atomic mass is 15.0. The molecule has 0 spiro atoms. The Labute approximate surface area is 65.7 Å². The monoisotopic (exact) mass is 149 g/mol. The molecular weight excluding hydrogens is 138 g/mol. The van der Waals surface area contributed by atoms with Gasteiger partial charge in [0.2, 0.25) is 0 Å². The molecule has 3 heteroatoms. The molecule has 0 amide bonds. The highest BCUT2D eigenvalue weighted by Gasteiger charge is 1.83. The molecule has 1 aromatic rings. The number of aromatic nitrogens is 2. The molecule has 0 fully saturated rings. The second kappa shape index (κ2) is 3.71. The van der Waals surface area contributed by atoms with Crippen molar-refractivity contribution in [2.24, 2.45) is 4.99 Å². The van der Waals surface area contributed by atoms with Crippen molar-refractivity contribution in [2.45, 2.75) is 6.92 Å². The molecule has 0 saturated heterocycles. The van der Waals surface area contributed by atoms with Crippen LogP contribution in [0.15, 0.2) is 29.7 Å². The maximum Gasteiger partial charge on any atom is 0.150 e. The summed E-state index contributed by atoms with van der Waals surface area (Å²) in [6, 6.07) is 0. The fourth-order valence-corrected chi connectivity index (χ4v) is 0.823. The van der Waals surface area contributed by atoms with E-state index in [4.69, 9.17) is 0 Å². The smallest absolute Gasteiger partial charge is 0.150 e. The average molecular weight is 149 g/mol. The molecule has 0 aliphatic carbocycles. The van der Waals surface area contributed by atoms with Crippen molar-refractivity contribution < 1.29 is 0 Å². The average Bonchev–Trinajstić information content (AvgIpc) is 2.06. The summed E-state index contributed by atoms with van der Waals surface area (Å²) >= 11 is 0.